The summed E-state index contributed by atoms with van der Waals surface area (Å²) < 4.78 is 13.6. The van der Waals surface area contributed by atoms with Gasteiger partial charge in [-0.15, -0.1) is 9.79 Å². The second kappa shape index (κ2) is 8.52. The Morgan fingerprint density at radius 2 is 1.04 bits per heavy atom. The molecule has 5 rings (SSSR count). The van der Waals surface area contributed by atoms with Crippen LogP contribution in [0.25, 0.3) is 33.2 Å². The van der Waals surface area contributed by atoms with Crippen LogP contribution in [0, 0.1) is 0 Å². The molecule has 0 aliphatic heterocycles. The van der Waals surface area contributed by atoms with Gasteiger partial charge in [0.05, 0.1) is 0 Å². The van der Waals surface area contributed by atoms with Gasteiger partial charge in [0.25, 0.3) is 0 Å². The molecule has 0 bridgehead atoms. The minimum Gasteiger partial charge on any atom is -0.423 e. The Bertz CT molecular complexity index is 1050. The van der Waals surface area contributed by atoms with E-state index in [9.17, 15) is 4.79 Å². The lowest BCUT2D eigenvalue weighted by molar-refractivity contribution is 0.405. The molecule has 6 heteroatoms. The average Bonchev–Trinajstić information content (AvgIpc) is 2.66. The summed E-state index contributed by atoms with van der Waals surface area (Å²) >= 11 is 0. The van der Waals surface area contributed by atoms with E-state index in [1.54, 1.807) is 12.1 Å². The molecule has 4 aromatic rings. The van der Waals surface area contributed by atoms with Crippen molar-refractivity contribution in [2.45, 2.75) is 0 Å². The van der Waals surface area contributed by atoms with E-state index in [0.717, 1.165) is 5.39 Å². The van der Waals surface area contributed by atoms with E-state index in [2.05, 4.69) is 48.5 Å². The third-order valence-electron chi connectivity index (χ3n) is 3.96. The van der Waals surface area contributed by atoms with Gasteiger partial charge in [0.2, 0.25) is 0 Å². The Kier molecular flexibility index (Phi) is 5.89. The molecule has 0 saturated carbocycles. The van der Waals surface area contributed by atoms with E-state index >= 15 is 0 Å². The number of hydrogen-bond acceptors (Lipinski definition) is 3. The van der Waals surface area contributed by atoms with Gasteiger partial charge in [-0.1, -0.05) is 66.7 Å². The van der Waals surface area contributed by atoms with E-state index in [1.165, 1.54) is 28.3 Å². The second-order valence-corrected chi connectivity index (χ2v) is 6.14. The maximum Gasteiger partial charge on any atom is 0.692 e. The van der Waals surface area contributed by atoms with Crippen LogP contribution >= 0.6 is 8.25 Å². The zero-order valence-corrected chi connectivity index (χ0v) is 15.0. The van der Waals surface area contributed by atoms with Crippen LogP contribution in [-0.2, 0) is 4.57 Å². The molecule has 2 N–H and O–H groups in total. The summed E-state index contributed by atoms with van der Waals surface area (Å²) in [7, 11) is -2.87. The summed E-state index contributed by atoms with van der Waals surface area (Å²) in [6.45, 7) is 0. The third-order valence-corrected chi connectivity index (χ3v) is 3.96. The smallest absolute Gasteiger partial charge is 0.423 e. The molecule has 1 aromatic heterocycles. The summed E-state index contributed by atoms with van der Waals surface area (Å²) in [5.74, 6) is 0. The Morgan fingerprint density at radius 3 is 1.52 bits per heavy atom. The average molecular weight is 379 g/mol. The highest BCUT2D eigenvalue weighted by Gasteiger charge is 2.19. The van der Waals surface area contributed by atoms with Crippen LogP contribution in [0.2, 0.25) is 0 Å². The minimum absolute atomic E-state index is 0.302. The number of rotatable bonds is 0. The molecular weight excluding hydrogens is 363 g/mol. The number of hydrogen-bond donors (Lipinski definition) is 2. The minimum atomic E-state index is -2.87. The Morgan fingerprint density at radius 1 is 0.630 bits per heavy atom. The topological polar surface area (TPSA) is 87.7 Å². The van der Waals surface area contributed by atoms with Gasteiger partial charge in [0, 0.05) is 16.0 Å². The lowest BCUT2D eigenvalue weighted by atomic mass is 9.81. The summed E-state index contributed by atoms with van der Waals surface area (Å²) in [4.78, 5) is 25.0. The molecule has 0 saturated heterocycles. The molecule has 0 spiro atoms. The molecule has 0 amide bonds. The molecule has 3 aromatic carbocycles. The largest absolute Gasteiger partial charge is 0.692 e. The van der Waals surface area contributed by atoms with E-state index in [1.807, 2.05) is 18.2 Å². The van der Waals surface area contributed by atoms with Gasteiger partial charge in [-0.3, -0.25) is 0 Å². The Hall–Kier alpha value is -3.11. The van der Waals surface area contributed by atoms with Gasteiger partial charge in [-0.25, -0.2) is 4.79 Å². The molecule has 0 atom stereocenters. The van der Waals surface area contributed by atoms with Gasteiger partial charge in [0.1, 0.15) is 5.58 Å². The summed E-state index contributed by atoms with van der Waals surface area (Å²) in [5.41, 5.74) is 5.92. The first-order valence-corrected chi connectivity index (χ1v) is 9.25. The normalized spacial score (nSPS) is 10.1. The van der Waals surface area contributed by atoms with Crippen molar-refractivity contribution in [1.82, 2.24) is 0 Å². The molecular formula is C21H16O5P+. The van der Waals surface area contributed by atoms with Gasteiger partial charge < -0.3 is 4.42 Å². The zero-order valence-electron chi connectivity index (χ0n) is 14.1. The monoisotopic (exact) mass is 379 g/mol. The fourth-order valence-electron chi connectivity index (χ4n) is 2.85. The standard InChI is InChI=1S/C12H8.C9H6O2.HO3P/c1-2-6-10-9(5-1)11-7-3-4-8-12(10)11;10-9-6-5-7-3-1-2-4-8(7)11-9;1-4(2)3/h1-8H;1-6H;(H-,1,2,3)/p+1. The molecule has 0 radical (unpaired) electrons. The van der Waals surface area contributed by atoms with Crippen LogP contribution in [0.15, 0.2) is 94.1 Å². The maximum absolute atomic E-state index is 10.7. The molecule has 27 heavy (non-hydrogen) atoms. The maximum atomic E-state index is 10.7. The van der Waals surface area contributed by atoms with Gasteiger partial charge in [-0.05, 0) is 34.4 Å². The predicted octanol–water partition coefficient (Wildman–Crippen LogP) is 4.76. The van der Waals surface area contributed by atoms with Gasteiger partial charge in [0.15, 0.2) is 0 Å². The van der Waals surface area contributed by atoms with E-state index in [-0.39, 0.29) is 5.63 Å². The molecule has 0 unspecified atom stereocenters. The number of fused-ring (bicyclic) bond motifs is 5. The quantitative estimate of drug-likeness (QED) is 0.299. The second-order valence-electron chi connectivity index (χ2n) is 5.64. The summed E-state index contributed by atoms with van der Waals surface area (Å²) in [5, 5.41) is 0.951. The number of para-hydroxylation sites is 1. The van der Waals surface area contributed by atoms with Gasteiger partial charge in [-0.2, -0.15) is 0 Å². The van der Waals surface area contributed by atoms with Crippen molar-refractivity contribution in [3.8, 4) is 22.3 Å². The first-order valence-electron chi connectivity index (χ1n) is 8.09. The molecule has 5 nitrogen and oxygen atoms in total. The fourth-order valence-corrected chi connectivity index (χ4v) is 2.85. The van der Waals surface area contributed by atoms with Crippen LogP contribution in [-0.4, -0.2) is 9.79 Å². The first-order chi connectivity index (χ1) is 13.1. The summed E-state index contributed by atoms with van der Waals surface area (Å²) in [6.07, 6.45) is 0. The fraction of sp³-hybridized carbons (Fsp3) is 0. The van der Waals surface area contributed by atoms with Crippen LogP contribution in [0.1, 0.15) is 0 Å². The first kappa shape index (κ1) is 18.7. The van der Waals surface area contributed by atoms with Crippen molar-refractivity contribution in [1.29, 1.82) is 0 Å². The predicted molar refractivity (Wildman–Crippen MR) is 105 cm³/mol. The van der Waals surface area contributed by atoms with Crippen LogP contribution in [0.4, 0.5) is 0 Å². The highest BCUT2D eigenvalue weighted by Crippen LogP contribution is 2.46. The lowest BCUT2D eigenvalue weighted by Gasteiger charge is -2.22. The summed E-state index contributed by atoms with van der Waals surface area (Å²) in [6, 6.07) is 27.7. The Labute approximate surface area is 156 Å². The van der Waals surface area contributed by atoms with Crippen LogP contribution in [0.5, 0.6) is 0 Å². The van der Waals surface area contributed by atoms with E-state index in [0.29, 0.717) is 5.58 Å². The van der Waals surface area contributed by atoms with Gasteiger partial charge >= 0.3 is 13.9 Å². The van der Waals surface area contributed by atoms with Crippen LogP contribution < -0.4 is 5.63 Å². The van der Waals surface area contributed by atoms with E-state index < -0.39 is 8.25 Å². The lowest BCUT2D eigenvalue weighted by Crippen LogP contribution is -1.96. The molecule has 134 valence electrons. The van der Waals surface area contributed by atoms with Crippen molar-refractivity contribution in [3.05, 3.63) is 95.3 Å². The molecule has 1 aliphatic carbocycles. The molecule has 1 heterocycles. The number of benzene rings is 3. The van der Waals surface area contributed by atoms with E-state index in [4.69, 9.17) is 18.8 Å². The van der Waals surface area contributed by atoms with Crippen molar-refractivity contribution < 1.29 is 18.8 Å². The molecule has 0 fully saturated rings. The van der Waals surface area contributed by atoms with Crippen LogP contribution in [0.3, 0.4) is 0 Å². The Balaban J connectivity index is 0.000000131. The van der Waals surface area contributed by atoms with Crippen molar-refractivity contribution >= 4 is 19.2 Å². The SMILES string of the molecule is O=[P+](O)O.O=c1ccc2ccccc2o1.c1ccc2c(c1)-c1ccccc1-2. The highest BCUT2D eigenvalue weighted by molar-refractivity contribution is 7.30. The van der Waals surface area contributed by atoms with Crippen molar-refractivity contribution in [2.24, 2.45) is 0 Å². The zero-order chi connectivity index (χ0) is 19.2. The van der Waals surface area contributed by atoms with Crippen molar-refractivity contribution in [2.75, 3.05) is 0 Å². The third kappa shape index (κ3) is 4.54. The van der Waals surface area contributed by atoms with Crippen molar-refractivity contribution in [3.63, 3.8) is 0 Å². The highest BCUT2D eigenvalue weighted by atomic mass is 31.1. The molecule has 1 aliphatic rings.